The van der Waals surface area contributed by atoms with E-state index in [2.05, 4.69) is 0 Å². The van der Waals surface area contributed by atoms with Crippen LogP contribution < -0.4 is 4.74 Å². The average Bonchev–Trinajstić information content (AvgIpc) is 2.88. The Labute approximate surface area is 141 Å². The van der Waals surface area contributed by atoms with Crippen LogP contribution >= 0.6 is 0 Å². The maximum absolute atomic E-state index is 13.0. The van der Waals surface area contributed by atoms with Crippen molar-refractivity contribution in [3.05, 3.63) is 71.3 Å². The van der Waals surface area contributed by atoms with Crippen molar-refractivity contribution >= 4 is 30.5 Å². The summed E-state index contributed by atoms with van der Waals surface area (Å²) >= 11 is 0. The van der Waals surface area contributed by atoms with Crippen molar-refractivity contribution in [2.45, 2.75) is 12.4 Å². The van der Waals surface area contributed by atoms with E-state index < -0.39 is 5.50 Å². The van der Waals surface area contributed by atoms with Gasteiger partial charge >= 0.3 is 0 Å². The second-order valence-electron chi connectivity index (χ2n) is 6.53. The van der Waals surface area contributed by atoms with Gasteiger partial charge in [0.2, 0.25) is 0 Å². The van der Waals surface area contributed by atoms with Gasteiger partial charge in [-0.15, -0.1) is 0 Å². The van der Waals surface area contributed by atoms with Crippen molar-refractivity contribution in [3.8, 4) is 16.9 Å². The fraction of sp³-hybridized carbons (Fsp3) is 0.0952. The second kappa shape index (κ2) is 4.38. The van der Waals surface area contributed by atoms with Gasteiger partial charge in [0, 0.05) is 27.6 Å². The Bertz CT molecular complexity index is 1080. The van der Waals surface area contributed by atoms with Crippen LogP contribution in [0.4, 0.5) is 0 Å². The topological polar surface area (TPSA) is 26.3 Å². The number of fused-ring (bicyclic) bond motifs is 8. The Kier molecular flexibility index (Phi) is 2.49. The SMILES string of the molecule is [B]C1(C)C=Cc2c3c(c4ccccc4c2O1)C(=O)c1ccccc1-3. The standard InChI is InChI=1S/C21H13BO2/c1-21(22)11-10-16-17-12-6-2-4-8-14(12)19(23)18(17)13-7-3-5-9-15(13)20(16)24-21/h2-11H,1H3. The summed E-state index contributed by atoms with van der Waals surface area (Å²) in [5.74, 6) is 0.829. The maximum Gasteiger partial charge on any atom is 0.194 e. The lowest BCUT2D eigenvalue weighted by Crippen LogP contribution is -2.32. The first-order chi connectivity index (χ1) is 11.6. The monoisotopic (exact) mass is 308 g/mol. The van der Waals surface area contributed by atoms with E-state index in [4.69, 9.17) is 12.6 Å². The highest BCUT2D eigenvalue weighted by atomic mass is 16.5. The smallest absolute Gasteiger partial charge is 0.194 e. The van der Waals surface area contributed by atoms with E-state index in [9.17, 15) is 4.79 Å². The molecule has 3 aromatic carbocycles. The third kappa shape index (κ3) is 1.64. The molecule has 1 unspecified atom stereocenters. The molecule has 112 valence electrons. The molecule has 2 nitrogen and oxygen atoms in total. The first kappa shape index (κ1) is 13.6. The molecule has 0 spiro atoms. The average molecular weight is 308 g/mol. The van der Waals surface area contributed by atoms with E-state index >= 15 is 0 Å². The molecule has 24 heavy (non-hydrogen) atoms. The molecule has 0 saturated carbocycles. The number of benzene rings is 3. The van der Waals surface area contributed by atoms with Gasteiger partial charge in [0.1, 0.15) is 13.6 Å². The van der Waals surface area contributed by atoms with Crippen molar-refractivity contribution < 1.29 is 9.53 Å². The molecule has 0 aromatic heterocycles. The van der Waals surface area contributed by atoms with Gasteiger partial charge < -0.3 is 4.74 Å². The van der Waals surface area contributed by atoms with Crippen molar-refractivity contribution in [3.63, 3.8) is 0 Å². The van der Waals surface area contributed by atoms with Crippen LogP contribution in [0, 0.1) is 0 Å². The fourth-order valence-corrected chi connectivity index (χ4v) is 3.75. The molecule has 1 aliphatic carbocycles. The van der Waals surface area contributed by atoms with Crippen LogP contribution in [0.5, 0.6) is 5.75 Å². The van der Waals surface area contributed by atoms with Crippen molar-refractivity contribution in [1.29, 1.82) is 0 Å². The molecule has 1 aliphatic heterocycles. The summed E-state index contributed by atoms with van der Waals surface area (Å²) in [4.78, 5) is 13.0. The zero-order valence-corrected chi connectivity index (χ0v) is 13.2. The number of rotatable bonds is 0. The number of carbonyl (C=O) groups is 1. The highest BCUT2D eigenvalue weighted by Gasteiger charge is 2.35. The molecule has 3 aromatic rings. The summed E-state index contributed by atoms with van der Waals surface area (Å²) in [5, 5.41) is 1.84. The molecular weight excluding hydrogens is 295 g/mol. The van der Waals surface area contributed by atoms with E-state index in [0.717, 1.165) is 44.3 Å². The summed E-state index contributed by atoms with van der Waals surface area (Å²) < 4.78 is 6.09. The molecule has 0 fully saturated rings. The lowest BCUT2D eigenvalue weighted by atomic mass is 9.79. The van der Waals surface area contributed by atoms with Crippen LogP contribution in [0.1, 0.15) is 28.4 Å². The summed E-state index contributed by atoms with van der Waals surface area (Å²) in [6.07, 6.45) is 3.83. The Morgan fingerprint density at radius 1 is 0.917 bits per heavy atom. The van der Waals surface area contributed by atoms with E-state index in [0.29, 0.717) is 0 Å². The molecule has 0 N–H and O–H groups in total. The van der Waals surface area contributed by atoms with Crippen molar-refractivity contribution in [2.75, 3.05) is 0 Å². The number of carbonyl (C=O) groups excluding carboxylic acids is 1. The third-order valence-corrected chi connectivity index (χ3v) is 4.78. The summed E-state index contributed by atoms with van der Waals surface area (Å²) in [7, 11) is 6.17. The van der Waals surface area contributed by atoms with Crippen LogP contribution in [0.2, 0.25) is 0 Å². The van der Waals surface area contributed by atoms with Gasteiger partial charge in [-0.1, -0.05) is 60.7 Å². The first-order valence-electron chi connectivity index (χ1n) is 7.97. The fourth-order valence-electron chi connectivity index (χ4n) is 3.75. The van der Waals surface area contributed by atoms with Crippen LogP contribution in [-0.4, -0.2) is 19.1 Å². The minimum Gasteiger partial charge on any atom is -0.492 e. The van der Waals surface area contributed by atoms with Gasteiger partial charge in [-0.25, -0.2) is 0 Å². The lowest BCUT2D eigenvalue weighted by molar-refractivity contribution is 0.104. The van der Waals surface area contributed by atoms with Gasteiger partial charge in [-0.3, -0.25) is 4.79 Å². The Hall–Kier alpha value is -2.81. The predicted octanol–water partition coefficient (Wildman–Crippen LogP) is 4.34. The van der Waals surface area contributed by atoms with Crippen LogP contribution in [-0.2, 0) is 0 Å². The van der Waals surface area contributed by atoms with E-state index in [1.165, 1.54) is 0 Å². The van der Waals surface area contributed by atoms with Crippen LogP contribution in [0.25, 0.3) is 28.0 Å². The predicted molar refractivity (Wildman–Crippen MR) is 96.6 cm³/mol. The Morgan fingerprint density at radius 2 is 1.58 bits per heavy atom. The largest absolute Gasteiger partial charge is 0.492 e. The highest BCUT2D eigenvalue weighted by molar-refractivity contribution is 6.29. The minimum absolute atomic E-state index is 0.0779. The van der Waals surface area contributed by atoms with Gasteiger partial charge in [0.15, 0.2) is 5.78 Å². The zero-order chi connectivity index (χ0) is 16.5. The van der Waals surface area contributed by atoms with Crippen LogP contribution in [0.15, 0.2) is 54.6 Å². The summed E-state index contributed by atoms with van der Waals surface area (Å²) in [6, 6.07) is 15.6. The number of hydrogen-bond donors (Lipinski definition) is 0. The van der Waals surface area contributed by atoms with E-state index in [-0.39, 0.29) is 5.78 Å². The Morgan fingerprint density at radius 3 is 2.38 bits per heavy atom. The summed E-state index contributed by atoms with van der Waals surface area (Å²) in [6.45, 7) is 1.83. The molecule has 0 bridgehead atoms. The molecule has 5 rings (SSSR count). The number of ether oxygens (including phenoxy) is 1. The second-order valence-corrected chi connectivity index (χ2v) is 6.53. The van der Waals surface area contributed by atoms with Gasteiger partial charge in [-0.05, 0) is 17.9 Å². The lowest BCUT2D eigenvalue weighted by Gasteiger charge is -2.31. The van der Waals surface area contributed by atoms with Gasteiger partial charge in [0.25, 0.3) is 0 Å². The first-order valence-corrected chi connectivity index (χ1v) is 7.97. The van der Waals surface area contributed by atoms with E-state index in [1.54, 1.807) is 0 Å². The van der Waals surface area contributed by atoms with E-state index in [1.807, 2.05) is 67.6 Å². The molecule has 1 atom stereocenters. The highest BCUT2D eigenvalue weighted by Crippen LogP contribution is 2.49. The quantitative estimate of drug-likeness (QED) is 0.452. The third-order valence-electron chi connectivity index (χ3n) is 4.78. The normalized spacial score (nSPS) is 20.5. The van der Waals surface area contributed by atoms with Crippen molar-refractivity contribution in [1.82, 2.24) is 0 Å². The molecule has 1 heterocycles. The molecule has 2 radical (unpaired) electrons. The molecule has 0 amide bonds. The maximum atomic E-state index is 13.0. The Balaban J connectivity index is 2.00. The zero-order valence-electron chi connectivity index (χ0n) is 13.2. The van der Waals surface area contributed by atoms with Gasteiger partial charge in [0.05, 0.1) is 5.50 Å². The molecular formula is C21H13BO2. The van der Waals surface area contributed by atoms with Gasteiger partial charge in [-0.2, -0.15) is 0 Å². The number of ketones is 1. The molecule has 3 heteroatoms. The van der Waals surface area contributed by atoms with Crippen LogP contribution in [0.3, 0.4) is 0 Å². The number of hydrogen-bond acceptors (Lipinski definition) is 2. The van der Waals surface area contributed by atoms with Crippen molar-refractivity contribution in [2.24, 2.45) is 0 Å². The minimum atomic E-state index is -0.855. The molecule has 0 saturated heterocycles. The summed E-state index contributed by atoms with van der Waals surface area (Å²) in [5.41, 5.74) is 3.51. The molecule has 2 aliphatic rings.